The minimum absolute atomic E-state index is 0.0873. The van der Waals surface area contributed by atoms with Crippen LogP contribution in [-0.4, -0.2) is 109 Å². The van der Waals surface area contributed by atoms with Gasteiger partial charge in [-0.15, -0.1) is 0 Å². The number of ether oxygens (including phenoxy) is 2. The predicted octanol–water partition coefficient (Wildman–Crippen LogP) is 0.322. The summed E-state index contributed by atoms with van der Waals surface area (Å²) in [5.74, 6) is 1.53. The molecule has 0 spiro atoms. The first-order chi connectivity index (χ1) is 17.8. The highest BCUT2D eigenvalue weighted by atomic mass is 16.5. The van der Waals surface area contributed by atoms with Gasteiger partial charge in [0.1, 0.15) is 24.2 Å². The summed E-state index contributed by atoms with van der Waals surface area (Å²) in [4.78, 5) is 23.7. The van der Waals surface area contributed by atoms with Crippen molar-refractivity contribution < 1.29 is 19.7 Å². The fraction of sp³-hybridized carbons (Fsp3) is 0.750. The Morgan fingerprint density at radius 2 is 1.00 bits per heavy atom. The number of aromatic nitrogens is 4. The summed E-state index contributed by atoms with van der Waals surface area (Å²) in [6.45, 7) is 6.83. The Labute approximate surface area is 212 Å². The van der Waals surface area contributed by atoms with Crippen LogP contribution in [0.2, 0.25) is 0 Å². The maximum atomic E-state index is 8.97. The largest absolute Gasteiger partial charge is 0.462 e. The van der Waals surface area contributed by atoms with Gasteiger partial charge in [-0.3, -0.25) is 0 Å². The van der Waals surface area contributed by atoms with Crippen LogP contribution in [0.25, 0.3) is 11.0 Å². The van der Waals surface area contributed by atoms with Crippen LogP contribution in [0.5, 0.6) is 12.0 Å². The van der Waals surface area contributed by atoms with Gasteiger partial charge in [-0.25, -0.2) is 0 Å². The first-order valence-corrected chi connectivity index (χ1v) is 13.3. The van der Waals surface area contributed by atoms with Crippen LogP contribution in [0.4, 0.5) is 11.6 Å². The number of hydrogen-bond acceptors (Lipinski definition) is 12. The first kappa shape index (κ1) is 26.5. The fourth-order valence-corrected chi connectivity index (χ4v) is 4.56. The van der Waals surface area contributed by atoms with Crippen molar-refractivity contribution in [2.45, 2.75) is 38.5 Å². The number of rotatable bonds is 14. The van der Waals surface area contributed by atoms with Gasteiger partial charge in [0.15, 0.2) is 11.6 Å². The van der Waals surface area contributed by atoms with Gasteiger partial charge in [0.25, 0.3) is 0 Å². The zero-order valence-electron chi connectivity index (χ0n) is 21.1. The van der Waals surface area contributed by atoms with Gasteiger partial charge in [-0.05, 0) is 38.5 Å². The van der Waals surface area contributed by atoms with Crippen molar-refractivity contribution in [3.05, 3.63) is 0 Å². The van der Waals surface area contributed by atoms with Crippen molar-refractivity contribution >= 4 is 22.7 Å². The van der Waals surface area contributed by atoms with Gasteiger partial charge in [0.05, 0.1) is 13.2 Å². The number of aliphatic hydroxyl groups is 2. The second kappa shape index (κ2) is 14.3. The minimum atomic E-state index is 0.0873. The molecule has 0 aliphatic carbocycles. The topological polar surface area (TPSA) is 141 Å². The van der Waals surface area contributed by atoms with E-state index in [1.165, 1.54) is 12.8 Å². The van der Waals surface area contributed by atoms with Crippen LogP contribution in [0.3, 0.4) is 0 Å². The number of nitrogens with one attached hydrogen (secondary N) is 2. The molecule has 12 nitrogen and oxygen atoms in total. The van der Waals surface area contributed by atoms with Crippen LogP contribution in [-0.2, 0) is 0 Å². The third-order valence-corrected chi connectivity index (χ3v) is 6.37. The molecule has 2 aliphatic rings. The van der Waals surface area contributed by atoms with Crippen LogP contribution in [0, 0.1) is 0 Å². The predicted molar refractivity (Wildman–Crippen MR) is 138 cm³/mol. The quantitative estimate of drug-likeness (QED) is 0.263. The Bertz CT molecular complexity index is 863. The molecule has 36 heavy (non-hydrogen) atoms. The van der Waals surface area contributed by atoms with Crippen LogP contribution in [0.15, 0.2) is 0 Å². The number of fused-ring (bicyclic) bond motifs is 1. The molecule has 4 N–H and O–H groups in total. The molecule has 0 bridgehead atoms. The van der Waals surface area contributed by atoms with E-state index in [-0.39, 0.29) is 13.2 Å². The summed E-state index contributed by atoms with van der Waals surface area (Å²) in [5.41, 5.74) is 1.38. The van der Waals surface area contributed by atoms with Gasteiger partial charge in [0, 0.05) is 52.4 Å². The zero-order valence-corrected chi connectivity index (χ0v) is 21.1. The zero-order chi connectivity index (χ0) is 25.0. The monoisotopic (exact) mass is 504 g/mol. The average Bonchev–Trinajstić information content (AvgIpc) is 2.93. The Hall–Kier alpha value is -2.54. The summed E-state index contributed by atoms with van der Waals surface area (Å²) in [6.07, 6.45) is 6.85. The van der Waals surface area contributed by atoms with Crippen molar-refractivity contribution in [1.82, 2.24) is 30.6 Å². The molecule has 2 aliphatic heterocycles. The minimum Gasteiger partial charge on any atom is -0.462 e. The normalized spacial score (nSPS) is 16.5. The Morgan fingerprint density at radius 3 is 1.39 bits per heavy atom. The van der Waals surface area contributed by atoms with E-state index in [2.05, 4.69) is 20.4 Å². The second-order valence-corrected chi connectivity index (χ2v) is 9.10. The molecule has 200 valence electrons. The third kappa shape index (κ3) is 7.25. The lowest BCUT2D eigenvalue weighted by Crippen LogP contribution is -2.32. The standard InChI is InChI=1S/C24H40N8O4/c33-15-7-25-9-17-35-23-28-20-19(21(29-23)31-11-3-1-4-12-31)27-24(36-18-10-26-8-16-34)30-22(20)32-13-5-2-6-14-32/h25-26,33-34H,1-18H2. The van der Waals surface area contributed by atoms with E-state index >= 15 is 0 Å². The molecular formula is C24H40N8O4. The van der Waals surface area contributed by atoms with Crippen molar-refractivity contribution in [3.63, 3.8) is 0 Å². The van der Waals surface area contributed by atoms with E-state index in [0.29, 0.717) is 62.4 Å². The highest BCUT2D eigenvalue weighted by Gasteiger charge is 2.25. The first-order valence-electron chi connectivity index (χ1n) is 13.3. The molecule has 2 aromatic heterocycles. The summed E-state index contributed by atoms with van der Waals surface area (Å²) in [7, 11) is 0. The molecule has 0 amide bonds. The number of hydrogen-bond donors (Lipinski definition) is 4. The fourth-order valence-electron chi connectivity index (χ4n) is 4.56. The van der Waals surface area contributed by atoms with E-state index in [9.17, 15) is 0 Å². The van der Waals surface area contributed by atoms with Gasteiger partial charge in [-0.1, -0.05) is 0 Å². The van der Waals surface area contributed by atoms with Crippen LogP contribution in [0.1, 0.15) is 38.5 Å². The van der Waals surface area contributed by atoms with Crippen molar-refractivity contribution in [2.75, 3.05) is 88.6 Å². The molecule has 0 aromatic carbocycles. The molecule has 0 radical (unpaired) electrons. The van der Waals surface area contributed by atoms with E-state index in [1.807, 2.05) is 0 Å². The van der Waals surface area contributed by atoms with Crippen molar-refractivity contribution in [1.29, 1.82) is 0 Å². The lowest BCUT2D eigenvalue weighted by molar-refractivity contribution is 0.266. The van der Waals surface area contributed by atoms with Gasteiger partial charge in [-0.2, -0.15) is 19.9 Å². The lowest BCUT2D eigenvalue weighted by atomic mass is 10.1. The lowest BCUT2D eigenvalue weighted by Gasteiger charge is -2.30. The third-order valence-electron chi connectivity index (χ3n) is 6.37. The summed E-state index contributed by atoms with van der Waals surface area (Å²) >= 11 is 0. The molecular weight excluding hydrogens is 464 g/mol. The molecule has 0 atom stereocenters. The Balaban J connectivity index is 1.68. The number of nitrogens with zero attached hydrogens (tertiary/aromatic N) is 6. The molecule has 2 aromatic rings. The average molecular weight is 505 g/mol. The van der Waals surface area contributed by atoms with E-state index < -0.39 is 0 Å². The number of aliphatic hydroxyl groups excluding tert-OH is 2. The Kier molecular flexibility index (Phi) is 10.5. The van der Waals surface area contributed by atoms with E-state index in [4.69, 9.17) is 39.6 Å². The maximum Gasteiger partial charge on any atom is 0.319 e. The van der Waals surface area contributed by atoms with E-state index in [0.717, 1.165) is 63.5 Å². The van der Waals surface area contributed by atoms with Crippen LogP contribution < -0.4 is 29.9 Å². The molecule has 12 heteroatoms. The van der Waals surface area contributed by atoms with E-state index in [1.54, 1.807) is 0 Å². The highest BCUT2D eigenvalue weighted by molar-refractivity contribution is 5.93. The SMILES string of the molecule is OCCNCCOc1nc(N2CCCCC2)c2nc(OCCNCCO)nc(N3CCCCC3)c2n1. The molecule has 0 saturated carbocycles. The molecule has 4 heterocycles. The molecule has 2 fully saturated rings. The summed E-state index contributed by atoms with van der Waals surface area (Å²) < 4.78 is 11.9. The molecule has 0 unspecified atom stereocenters. The summed E-state index contributed by atoms with van der Waals surface area (Å²) in [5, 5.41) is 24.2. The maximum absolute atomic E-state index is 8.97. The van der Waals surface area contributed by atoms with Crippen molar-refractivity contribution in [3.8, 4) is 12.0 Å². The number of piperidine rings is 2. The summed E-state index contributed by atoms with van der Waals surface area (Å²) in [6, 6.07) is 0.634. The molecule has 4 rings (SSSR count). The van der Waals surface area contributed by atoms with Gasteiger partial charge >= 0.3 is 12.0 Å². The smallest absolute Gasteiger partial charge is 0.319 e. The van der Waals surface area contributed by atoms with Gasteiger partial charge < -0.3 is 40.1 Å². The molecule has 2 saturated heterocycles. The van der Waals surface area contributed by atoms with Gasteiger partial charge in [0.2, 0.25) is 0 Å². The van der Waals surface area contributed by atoms with Crippen LogP contribution >= 0.6 is 0 Å². The number of anilines is 2. The second-order valence-electron chi connectivity index (χ2n) is 9.10. The van der Waals surface area contributed by atoms with Crippen molar-refractivity contribution in [2.24, 2.45) is 0 Å². The highest BCUT2D eigenvalue weighted by Crippen LogP contribution is 2.34. The Morgan fingerprint density at radius 1 is 0.583 bits per heavy atom.